The van der Waals surface area contributed by atoms with Crippen LogP contribution in [0.4, 0.5) is 0 Å². The summed E-state index contributed by atoms with van der Waals surface area (Å²) in [4.78, 5) is 2.69. The second-order valence-corrected chi connectivity index (χ2v) is 8.56. The maximum absolute atomic E-state index is 6.05. The fourth-order valence-electron chi connectivity index (χ4n) is 5.63. The number of fused-ring (bicyclic) bond motifs is 4. The molecule has 20 heavy (non-hydrogen) atoms. The second kappa shape index (κ2) is 4.31. The molecule has 5 heteroatoms. The van der Waals surface area contributed by atoms with Crippen molar-refractivity contribution in [3.05, 3.63) is 8.96 Å². The van der Waals surface area contributed by atoms with E-state index in [1.807, 2.05) is 14.2 Å². The molecule has 2 saturated heterocycles. The number of nitrogens with zero attached hydrogens (tertiary/aromatic N) is 1. The number of methoxy groups -OCH3 is 2. The van der Waals surface area contributed by atoms with Crippen molar-refractivity contribution in [3.8, 4) is 0 Å². The number of rotatable bonds is 2. The van der Waals surface area contributed by atoms with Gasteiger partial charge in [-0.15, -0.1) is 0 Å². The van der Waals surface area contributed by atoms with Gasteiger partial charge in [-0.25, -0.2) is 0 Å². The van der Waals surface area contributed by atoms with Crippen molar-refractivity contribution >= 4 is 31.9 Å². The molecule has 2 aliphatic carbocycles. The number of halogens is 2. The average Bonchev–Trinajstić information content (AvgIpc) is 2.97. The van der Waals surface area contributed by atoms with Crippen molar-refractivity contribution in [1.82, 2.24) is 4.90 Å². The molecule has 0 aromatic rings. The zero-order valence-corrected chi connectivity index (χ0v) is 15.3. The molecule has 6 atom stereocenters. The number of hydrogen-bond donors (Lipinski definition) is 0. The Balaban J connectivity index is 1.90. The van der Waals surface area contributed by atoms with Gasteiger partial charge in [0.1, 0.15) is 0 Å². The Hall–Kier alpha value is 0.580. The van der Waals surface area contributed by atoms with E-state index >= 15 is 0 Å². The quantitative estimate of drug-likeness (QED) is 0.656. The molecule has 4 aliphatic rings. The summed E-state index contributed by atoms with van der Waals surface area (Å²) in [5.74, 6) is 1.34. The van der Waals surface area contributed by atoms with Crippen LogP contribution in [-0.4, -0.2) is 44.0 Å². The predicted octanol–water partition coefficient (Wildman–Crippen LogP) is 3.34. The van der Waals surface area contributed by atoms with Crippen LogP contribution in [0.1, 0.15) is 19.8 Å². The first-order valence-electron chi connectivity index (χ1n) is 7.41. The summed E-state index contributed by atoms with van der Waals surface area (Å²) in [6.45, 7) is 4.87. The maximum Gasteiger partial charge on any atom is 0.186 e. The van der Waals surface area contributed by atoms with E-state index in [0.717, 1.165) is 18.3 Å². The SMILES string of the molecule is COC1(OC)[C@H]2C[C@H]3N4C[C@@H](C[C@@]31C(Br)=C2Br)[C@@H](C)C4. The Morgan fingerprint density at radius 1 is 1.20 bits per heavy atom. The van der Waals surface area contributed by atoms with E-state index in [9.17, 15) is 0 Å². The minimum Gasteiger partial charge on any atom is -0.352 e. The van der Waals surface area contributed by atoms with Gasteiger partial charge in [-0.1, -0.05) is 38.8 Å². The van der Waals surface area contributed by atoms with E-state index < -0.39 is 5.79 Å². The van der Waals surface area contributed by atoms with Crippen molar-refractivity contribution in [2.24, 2.45) is 23.2 Å². The molecule has 1 unspecified atom stereocenters. The summed E-state index contributed by atoms with van der Waals surface area (Å²) in [5.41, 5.74) is -0.0341. The molecule has 2 heterocycles. The van der Waals surface area contributed by atoms with Gasteiger partial charge < -0.3 is 9.47 Å². The Labute approximate surface area is 137 Å². The zero-order chi connectivity index (χ0) is 14.3. The molecule has 3 fully saturated rings. The fourth-order valence-corrected chi connectivity index (χ4v) is 7.45. The van der Waals surface area contributed by atoms with Gasteiger partial charge in [0.25, 0.3) is 0 Å². The van der Waals surface area contributed by atoms with E-state index in [2.05, 4.69) is 43.7 Å². The van der Waals surface area contributed by atoms with E-state index in [-0.39, 0.29) is 5.41 Å². The Kier molecular flexibility index (Phi) is 3.06. The molecule has 0 aromatic carbocycles. The van der Waals surface area contributed by atoms with Crippen molar-refractivity contribution < 1.29 is 9.47 Å². The van der Waals surface area contributed by atoms with Crippen LogP contribution in [-0.2, 0) is 9.47 Å². The summed E-state index contributed by atoms with van der Waals surface area (Å²) in [7, 11) is 3.61. The molecule has 0 aromatic heterocycles. The topological polar surface area (TPSA) is 21.7 Å². The van der Waals surface area contributed by atoms with Gasteiger partial charge in [-0.2, -0.15) is 0 Å². The first-order chi connectivity index (χ1) is 9.51. The molecule has 4 bridgehead atoms. The molecule has 112 valence electrons. The highest BCUT2D eigenvalue weighted by Gasteiger charge is 2.76. The first-order valence-corrected chi connectivity index (χ1v) is 9.00. The summed E-state index contributed by atoms with van der Waals surface area (Å²) in [6.07, 6.45) is 2.31. The lowest BCUT2D eigenvalue weighted by molar-refractivity contribution is -0.270. The highest BCUT2D eigenvalue weighted by Crippen LogP contribution is 2.73. The van der Waals surface area contributed by atoms with Crippen LogP contribution < -0.4 is 0 Å². The van der Waals surface area contributed by atoms with Crippen LogP contribution >= 0.6 is 31.9 Å². The van der Waals surface area contributed by atoms with Crippen LogP contribution in [0, 0.1) is 23.2 Å². The first kappa shape index (κ1) is 14.2. The third-order valence-electron chi connectivity index (χ3n) is 6.44. The molecule has 2 aliphatic heterocycles. The van der Waals surface area contributed by atoms with E-state index in [4.69, 9.17) is 9.47 Å². The number of hydrogen-bond acceptors (Lipinski definition) is 3. The lowest BCUT2D eigenvalue weighted by atomic mass is 9.69. The van der Waals surface area contributed by atoms with Crippen LogP contribution in [0.15, 0.2) is 8.96 Å². The van der Waals surface area contributed by atoms with E-state index in [1.54, 1.807) is 0 Å². The molecule has 1 spiro atoms. The molecule has 0 radical (unpaired) electrons. The van der Waals surface area contributed by atoms with Crippen molar-refractivity contribution in [3.63, 3.8) is 0 Å². The maximum atomic E-state index is 6.05. The number of piperidine rings is 1. The van der Waals surface area contributed by atoms with Crippen molar-refractivity contribution in [2.75, 3.05) is 27.3 Å². The van der Waals surface area contributed by atoms with Crippen LogP contribution in [0.25, 0.3) is 0 Å². The van der Waals surface area contributed by atoms with Gasteiger partial charge in [-0.05, 0) is 24.7 Å². The molecular formula is C15H21Br2NO2. The van der Waals surface area contributed by atoms with E-state index in [1.165, 1.54) is 28.5 Å². The Bertz CT molecular complexity index is 488. The molecule has 0 amide bonds. The predicted molar refractivity (Wildman–Crippen MR) is 84.8 cm³/mol. The smallest absolute Gasteiger partial charge is 0.186 e. The van der Waals surface area contributed by atoms with Gasteiger partial charge >= 0.3 is 0 Å². The summed E-state index contributed by atoms with van der Waals surface area (Å²) < 4.78 is 14.6. The van der Waals surface area contributed by atoms with Crippen molar-refractivity contribution in [2.45, 2.75) is 31.6 Å². The lowest BCUT2D eigenvalue weighted by Crippen LogP contribution is -2.58. The fraction of sp³-hybridized carbons (Fsp3) is 0.867. The zero-order valence-electron chi connectivity index (χ0n) is 12.2. The van der Waals surface area contributed by atoms with Crippen LogP contribution in [0.2, 0.25) is 0 Å². The van der Waals surface area contributed by atoms with Gasteiger partial charge in [0, 0.05) is 48.2 Å². The van der Waals surface area contributed by atoms with Gasteiger partial charge in [-0.3, -0.25) is 4.90 Å². The van der Waals surface area contributed by atoms with Gasteiger partial charge in [0.15, 0.2) is 5.79 Å². The molecule has 3 nitrogen and oxygen atoms in total. The largest absolute Gasteiger partial charge is 0.352 e. The second-order valence-electron chi connectivity index (χ2n) is 6.91. The average molecular weight is 407 g/mol. The highest BCUT2D eigenvalue weighted by molar-refractivity contribution is 9.14. The summed E-state index contributed by atoms with van der Waals surface area (Å²) >= 11 is 7.70. The third kappa shape index (κ3) is 1.30. The Morgan fingerprint density at radius 3 is 2.55 bits per heavy atom. The van der Waals surface area contributed by atoms with Gasteiger partial charge in [0.2, 0.25) is 0 Å². The highest BCUT2D eigenvalue weighted by atomic mass is 79.9. The van der Waals surface area contributed by atoms with Crippen molar-refractivity contribution in [1.29, 1.82) is 0 Å². The lowest BCUT2D eigenvalue weighted by Gasteiger charge is -2.50. The molecular weight excluding hydrogens is 386 g/mol. The minimum absolute atomic E-state index is 0.0341. The van der Waals surface area contributed by atoms with E-state index in [0.29, 0.717) is 12.0 Å². The standard InChI is InChI=1S/C15H21Br2NO2/c1-8-6-18-7-9(8)5-14-11(18)4-10(12(16)13(14)17)15(14,19-2)20-3/h8-11H,4-7H2,1-3H3/t8-,9+,10-,11+,14-/m0/s1. The summed E-state index contributed by atoms with van der Waals surface area (Å²) in [5, 5.41) is 0. The monoisotopic (exact) mass is 405 g/mol. The van der Waals surface area contributed by atoms with Crippen LogP contribution in [0.3, 0.4) is 0 Å². The normalized spacial score (nSPS) is 51.8. The third-order valence-corrected chi connectivity index (χ3v) is 9.06. The minimum atomic E-state index is -0.504. The van der Waals surface area contributed by atoms with Gasteiger partial charge in [0.05, 0.1) is 5.41 Å². The number of ether oxygens (including phenoxy) is 2. The summed E-state index contributed by atoms with van der Waals surface area (Å²) in [6, 6.07) is 0.546. The molecule has 1 saturated carbocycles. The van der Waals surface area contributed by atoms with Crippen LogP contribution in [0.5, 0.6) is 0 Å². The molecule has 4 rings (SSSR count). The molecule has 0 N–H and O–H groups in total. The Morgan fingerprint density at radius 2 is 1.90 bits per heavy atom.